The van der Waals surface area contributed by atoms with Crippen LogP contribution in [0.2, 0.25) is 0 Å². The van der Waals surface area contributed by atoms with Crippen LogP contribution in [0, 0.1) is 0 Å². The Morgan fingerprint density at radius 1 is 0.972 bits per heavy atom. The highest BCUT2D eigenvalue weighted by molar-refractivity contribution is 8.76. The Bertz CT molecular complexity index is 929. The summed E-state index contributed by atoms with van der Waals surface area (Å²) in [6.45, 7) is 4.17. The molecule has 1 aliphatic carbocycles. The van der Waals surface area contributed by atoms with Crippen molar-refractivity contribution in [3.63, 3.8) is 0 Å². The number of benzene rings is 2. The summed E-state index contributed by atoms with van der Waals surface area (Å²) in [5, 5.41) is 15.1. The van der Waals surface area contributed by atoms with Gasteiger partial charge in [0, 0.05) is 43.5 Å². The highest BCUT2D eigenvalue weighted by Crippen LogP contribution is 2.44. The largest absolute Gasteiger partial charge is 0.449 e. The highest BCUT2D eigenvalue weighted by Gasteiger charge is 2.28. The van der Waals surface area contributed by atoms with E-state index in [9.17, 15) is 14.7 Å². The van der Waals surface area contributed by atoms with Gasteiger partial charge in [-0.05, 0) is 35.1 Å². The molecule has 0 aromatic heterocycles. The quantitative estimate of drug-likeness (QED) is 0.215. The van der Waals surface area contributed by atoms with Gasteiger partial charge in [0.25, 0.3) is 0 Å². The van der Waals surface area contributed by atoms with Gasteiger partial charge in [-0.15, -0.1) is 0 Å². The number of rotatable bonds is 16. The number of nitrogens with one attached hydrogen (secondary N) is 2. The first-order valence-corrected chi connectivity index (χ1v) is 14.9. The summed E-state index contributed by atoms with van der Waals surface area (Å²) in [4.78, 5) is 24.0. The molecule has 196 valence electrons. The molecule has 36 heavy (non-hydrogen) atoms. The summed E-state index contributed by atoms with van der Waals surface area (Å²) in [5.41, 5.74) is 4.81. The lowest BCUT2D eigenvalue weighted by atomic mass is 9.98. The first kappa shape index (κ1) is 28.4. The second-order valence-corrected chi connectivity index (χ2v) is 11.2. The Kier molecular flexibility index (Phi) is 12.5. The van der Waals surface area contributed by atoms with Crippen molar-refractivity contribution < 1.29 is 24.2 Å². The van der Waals surface area contributed by atoms with Crippen molar-refractivity contribution in [2.24, 2.45) is 0 Å². The number of aliphatic hydroxyl groups is 1. The average molecular weight is 533 g/mol. The molecule has 0 saturated heterocycles. The molecular formula is C27H36N2O5S2. The first-order valence-electron chi connectivity index (χ1n) is 12.5. The lowest BCUT2D eigenvalue weighted by Gasteiger charge is -2.14. The molecule has 0 saturated carbocycles. The van der Waals surface area contributed by atoms with Crippen LogP contribution in [0.4, 0.5) is 4.79 Å². The lowest BCUT2D eigenvalue weighted by molar-refractivity contribution is -0.120. The minimum atomic E-state index is -0.414. The zero-order valence-corrected chi connectivity index (χ0v) is 22.4. The number of fused-ring (bicyclic) bond motifs is 3. The minimum absolute atomic E-state index is 0.0217. The van der Waals surface area contributed by atoms with E-state index >= 15 is 0 Å². The van der Waals surface area contributed by atoms with Crippen molar-refractivity contribution >= 4 is 33.6 Å². The van der Waals surface area contributed by atoms with Gasteiger partial charge < -0.3 is 25.2 Å². The number of alkyl carbamates (subject to hydrolysis) is 1. The maximum absolute atomic E-state index is 12.2. The average Bonchev–Trinajstić information content (AvgIpc) is 3.22. The molecule has 1 atom stereocenters. The fraction of sp³-hybridized carbons (Fsp3) is 0.481. The number of hydrogen-bond donors (Lipinski definition) is 3. The smallest absolute Gasteiger partial charge is 0.407 e. The zero-order chi connectivity index (χ0) is 25.6. The number of carbonyl (C=O) groups is 2. The second-order valence-electron chi connectivity index (χ2n) is 8.49. The van der Waals surface area contributed by atoms with Crippen molar-refractivity contribution in [3.05, 3.63) is 59.7 Å². The van der Waals surface area contributed by atoms with Crippen LogP contribution < -0.4 is 10.6 Å². The van der Waals surface area contributed by atoms with E-state index in [1.807, 2.05) is 31.2 Å². The van der Waals surface area contributed by atoms with E-state index in [0.29, 0.717) is 51.5 Å². The topological polar surface area (TPSA) is 96.9 Å². The molecule has 3 rings (SSSR count). The zero-order valence-electron chi connectivity index (χ0n) is 20.7. The maximum atomic E-state index is 12.2. The maximum Gasteiger partial charge on any atom is 0.407 e. The standard InChI is InChI=1S/C27H36N2O5S2/c1-2-20(30)18-33-15-7-13-28-26(31)12-16-35-36-17-14-29-27(32)34-19-25-23-10-5-3-8-21(23)22-9-4-6-11-24(22)25/h3-6,8-11,20,25,30H,2,7,12-19H2,1H3,(H,28,31)(H,29,32). The molecule has 9 heteroatoms. The molecule has 0 radical (unpaired) electrons. The number of hydrogen-bond acceptors (Lipinski definition) is 7. The molecule has 0 aliphatic heterocycles. The molecule has 0 spiro atoms. The summed E-state index contributed by atoms with van der Waals surface area (Å²) >= 11 is 0. The van der Waals surface area contributed by atoms with Crippen LogP contribution in [-0.4, -0.2) is 67.6 Å². The van der Waals surface area contributed by atoms with Crippen molar-refractivity contribution in [1.29, 1.82) is 0 Å². The van der Waals surface area contributed by atoms with Gasteiger partial charge in [-0.25, -0.2) is 4.79 Å². The van der Waals surface area contributed by atoms with Crippen LogP contribution in [0.5, 0.6) is 0 Å². The minimum Gasteiger partial charge on any atom is -0.449 e. The van der Waals surface area contributed by atoms with Gasteiger partial charge in [-0.3, -0.25) is 4.79 Å². The number of amides is 2. The first-order chi connectivity index (χ1) is 17.6. The third kappa shape index (κ3) is 9.03. The molecule has 7 nitrogen and oxygen atoms in total. The molecule has 2 aromatic rings. The summed E-state index contributed by atoms with van der Waals surface area (Å²) in [6.07, 6.45) is 1.04. The molecule has 2 aromatic carbocycles. The summed E-state index contributed by atoms with van der Waals surface area (Å²) in [5.74, 6) is 1.52. The van der Waals surface area contributed by atoms with Gasteiger partial charge in [0.1, 0.15) is 6.61 Å². The summed E-state index contributed by atoms with van der Waals surface area (Å²) in [6, 6.07) is 16.5. The van der Waals surface area contributed by atoms with E-state index < -0.39 is 12.2 Å². The highest BCUT2D eigenvalue weighted by atomic mass is 33.1. The molecule has 1 aliphatic rings. The fourth-order valence-electron chi connectivity index (χ4n) is 3.92. The van der Waals surface area contributed by atoms with Gasteiger partial charge in [-0.1, -0.05) is 77.0 Å². The van der Waals surface area contributed by atoms with Crippen molar-refractivity contribution in [3.8, 4) is 11.1 Å². The fourth-order valence-corrected chi connectivity index (χ4v) is 5.82. The molecular weight excluding hydrogens is 496 g/mol. The molecule has 0 heterocycles. The Hall–Kier alpha value is -2.20. The van der Waals surface area contributed by atoms with Crippen LogP contribution in [-0.2, 0) is 14.3 Å². The van der Waals surface area contributed by atoms with Crippen LogP contribution >= 0.6 is 21.6 Å². The van der Waals surface area contributed by atoms with Gasteiger partial charge in [0.2, 0.25) is 5.91 Å². The molecule has 0 fully saturated rings. The number of carbonyl (C=O) groups excluding carboxylic acids is 2. The van der Waals surface area contributed by atoms with Crippen LogP contribution in [0.3, 0.4) is 0 Å². The predicted octanol–water partition coefficient (Wildman–Crippen LogP) is 4.59. The van der Waals surface area contributed by atoms with Crippen LogP contribution in [0.25, 0.3) is 11.1 Å². The van der Waals surface area contributed by atoms with E-state index in [4.69, 9.17) is 9.47 Å². The van der Waals surface area contributed by atoms with Crippen molar-refractivity contribution in [1.82, 2.24) is 10.6 Å². The summed E-state index contributed by atoms with van der Waals surface area (Å²) in [7, 11) is 3.24. The molecule has 3 N–H and O–H groups in total. The van der Waals surface area contributed by atoms with Crippen LogP contribution in [0.1, 0.15) is 43.2 Å². The summed E-state index contributed by atoms with van der Waals surface area (Å²) < 4.78 is 10.9. The van der Waals surface area contributed by atoms with E-state index in [1.54, 1.807) is 21.6 Å². The third-order valence-corrected chi connectivity index (χ3v) is 8.27. The van der Waals surface area contributed by atoms with Gasteiger partial charge >= 0.3 is 6.09 Å². The number of ether oxygens (including phenoxy) is 2. The SMILES string of the molecule is CCC(O)COCCCNC(=O)CCSSCCNC(=O)OCC1c2ccccc2-c2ccccc21. The Morgan fingerprint density at radius 3 is 2.33 bits per heavy atom. The van der Waals surface area contributed by atoms with E-state index in [-0.39, 0.29) is 11.8 Å². The van der Waals surface area contributed by atoms with Crippen molar-refractivity contribution in [2.75, 3.05) is 44.4 Å². The van der Waals surface area contributed by atoms with Crippen LogP contribution in [0.15, 0.2) is 48.5 Å². The normalized spacial score (nSPS) is 13.1. The Balaban J connectivity index is 1.20. The van der Waals surface area contributed by atoms with Gasteiger partial charge in [0.05, 0.1) is 12.7 Å². The van der Waals surface area contributed by atoms with Gasteiger partial charge in [-0.2, -0.15) is 0 Å². The Labute approximate surface area is 221 Å². The van der Waals surface area contributed by atoms with Gasteiger partial charge in [0.15, 0.2) is 0 Å². The van der Waals surface area contributed by atoms with E-state index in [0.717, 1.165) is 12.2 Å². The molecule has 1 unspecified atom stereocenters. The monoisotopic (exact) mass is 532 g/mol. The van der Waals surface area contributed by atoms with E-state index in [1.165, 1.54) is 22.3 Å². The second kappa shape index (κ2) is 15.8. The Morgan fingerprint density at radius 2 is 1.64 bits per heavy atom. The third-order valence-electron chi connectivity index (χ3n) is 5.86. The molecule has 2 amide bonds. The van der Waals surface area contributed by atoms with Crippen molar-refractivity contribution in [2.45, 2.75) is 38.2 Å². The van der Waals surface area contributed by atoms with E-state index in [2.05, 4.69) is 34.9 Å². The molecule has 0 bridgehead atoms. The number of aliphatic hydroxyl groups excluding tert-OH is 1. The lowest BCUT2D eigenvalue weighted by Crippen LogP contribution is -2.28. The predicted molar refractivity (Wildman–Crippen MR) is 147 cm³/mol.